The minimum absolute atomic E-state index is 0.367. The zero-order valence-electron chi connectivity index (χ0n) is 10.0. The molecule has 0 heterocycles. The van der Waals surface area contributed by atoms with Gasteiger partial charge in [0.05, 0.1) is 0 Å². The topological polar surface area (TPSA) is 20.2 Å². The number of hydrogen-bond acceptors (Lipinski definition) is 3. The van der Waals surface area contributed by atoms with E-state index in [-0.39, 0.29) is 0 Å². The van der Waals surface area contributed by atoms with Gasteiger partial charge in [0.25, 0.3) is 0 Å². The van der Waals surface area contributed by atoms with Crippen LogP contribution in [-0.4, -0.2) is 23.2 Å². The Labute approximate surface area is 103 Å². The number of hydrogen-bond donors (Lipinski definition) is 1. The van der Waals surface area contributed by atoms with E-state index in [0.29, 0.717) is 6.61 Å². The third-order valence-corrected chi connectivity index (χ3v) is 4.90. The lowest BCUT2D eigenvalue weighted by Crippen LogP contribution is -1.84. The van der Waals surface area contributed by atoms with Crippen molar-refractivity contribution in [3.63, 3.8) is 0 Å². The van der Waals surface area contributed by atoms with E-state index >= 15 is 0 Å². The molecule has 0 aromatic carbocycles. The summed E-state index contributed by atoms with van der Waals surface area (Å²) in [7, 11) is 4.00. The Bertz CT molecular complexity index is 97.8. The van der Waals surface area contributed by atoms with Crippen molar-refractivity contribution in [2.45, 2.75) is 58.3 Å². The molecular weight excluding hydrogens is 224 g/mol. The average Bonchev–Trinajstić information content (AvgIpc) is 2.26. The molecular formula is C12H26OS2. The van der Waals surface area contributed by atoms with Gasteiger partial charge < -0.3 is 5.11 Å². The van der Waals surface area contributed by atoms with Crippen LogP contribution >= 0.6 is 21.6 Å². The van der Waals surface area contributed by atoms with Gasteiger partial charge in [0.1, 0.15) is 0 Å². The normalized spacial score (nSPS) is 10.8. The summed E-state index contributed by atoms with van der Waals surface area (Å²) in [5, 5.41) is 8.61. The summed E-state index contributed by atoms with van der Waals surface area (Å²) < 4.78 is 0. The summed E-state index contributed by atoms with van der Waals surface area (Å²) in [6.45, 7) is 2.58. The van der Waals surface area contributed by atoms with Crippen molar-refractivity contribution in [2.75, 3.05) is 18.1 Å². The van der Waals surface area contributed by atoms with E-state index in [1.807, 2.05) is 21.6 Å². The van der Waals surface area contributed by atoms with Gasteiger partial charge in [-0.3, -0.25) is 0 Å². The van der Waals surface area contributed by atoms with E-state index in [1.54, 1.807) is 0 Å². The van der Waals surface area contributed by atoms with Gasteiger partial charge in [0.2, 0.25) is 0 Å². The SMILES string of the molecule is CCSSCCCCCCCCCCO. The summed E-state index contributed by atoms with van der Waals surface area (Å²) in [5.74, 6) is 2.55. The molecule has 0 radical (unpaired) electrons. The fraction of sp³-hybridized carbons (Fsp3) is 1.00. The van der Waals surface area contributed by atoms with Crippen LogP contribution in [0.15, 0.2) is 0 Å². The molecule has 3 heteroatoms. The lowest BCUT2D eigenvalue weighted by Gasteiger charge is -2.01. The summed E-state index contributed by atoms with van der Waals surface area (Å²) in [6, 6.07) is 0. The van der Waals surface area contributed by atoms with Gasteiger partial charge >= 0.3 is 0 Å². The molecule has 0 aromatic rings. The molecule has 1 nitrogen and oxygen atoms in total. The Hall–Kier alpha value is 0.660. The minimum atomic E-state index is 0.367. The summed E-state index contributed by atoms with van der Waals surface area (Å²) in [4.78, 5) is 0. The number of aliphatic hydroxyl groups is 1. The monoisotopic (exact) mass is 250 g/mol. The van der Waals surface area contributed by atoms with Crippen LogP contribution in [0.25, 0.3) is 0 Å². The van der Waals surface area contributed by atoms with Crippen molar-refractivity contribution in [1.29, 1.82) is 0 Å². The first-order chi connectivity index (χ1) is 7.41. The van der Waals surface area contributed by atoms with Gasteiger partial charge in [-0.1, -0.05) is 67.0 Å². The average molecular weight is 250 g/mol. The second kappa shape index (κ2) is 14.7. The van der Waals surface area contributed by atoms with Gasteiger partial charge in [0, 0.05) is 18.1 Å². The Morgan fingerprint density at radius 2 is 1.27 bits per heavy atom. The highest BCUT2D eigenvalue weighted by atomic mass is 33.1. The van der Waals surface area contributed by atoms with Crippen molar-refractivity contribution >= 4 is 21.6 Å². The summed E-state index contributed by atoms with van der Waals surface area (Å²) in [5.41, 5.74) is 0. The fourth-order valence-electron chi connectivity index (χ4n) is 1.48. The van der Waals surface area contributed by atoms with Gasteiger partial charge in [-0.05, 0) is 12.8 Å². The maximum absolute atomic E-state index is 8.61. The molecule has 0 amide bonds. The molecule has 0 aliphatic carbocycles. The molecule has 0 aromatic heterocycles. The maximum atomic E-state index is 8.61. The highest BCUT2D eigenvalue weighted by Gasteiger charge is 1.92. The van der Waals surface area contributed by atoms with E-state index in [2.05, 4.69) is 6.92 Å². The number of rotatable bonds is 12. The van der Waals surface area contributed by atoms with Crippen molar-refractivity contribution in [3.05, 3.63) is 0 Å². The summed E-state index contributed by atoms with van der Waals surface area (Å²) in [6.07, 6.45) is 10.4. The predicted octanol–water partition coefficient (Wildman–Crippen LogP) is 4.50. The van der Waals surface area contributed by atoms with Crippen molar-refractivity contribution in [1.82, 2.24) is 0 Å². The van der Waals surface area contributed by atoms with Crippen LogP contribution in [0.5, 0.6) is 0 Å². The first-order valence-corrected chi connectivity index (χ1v) is 8.76. The molecule has 0 saturated carbocycles. The van der Waals surface area contributed by atoms with Crippen LogP contribution < -0.4 is 0 Å². The van der Waals surface area contributed by atoms with Crippen molar-refractivity contribution < 1.29 is 5.11 Å². The van der Waals surface area contributed by atoms with E-state index in [4.69, 9.17) is 5.11 Å². The quantitative estimate of drug-likeness (QED) is 0.407. The molecule has 0 atom stereocenters. The Morgan fingerprint density at radius 1 is 0.733 bits per heavy atom. The van der Waals surface area contributed by atoms with E-state index in [1.165, 1.54) is 56.5 Å². The molecule has 15 heavy (non-hydrogen) atoms. The minimum Gasteiger partial charge on any atom is -0.396 e. The molecule has 0 unspecified atom stereocenters. The van der Waals surface area contributed by atoms with Crippen LogP contribution in [0, 0.1) is 0 Å². The van der Waals surface area contributed by atoms with E-state index in [0.717, 1.165) is 6.42 Å². The maximum Gasteiger partial charge on any atom is 0.0431 e. The van der Waals surface area contributed by atoms with Gasteiger partial charge in [0.15, 0.2) is 0 Å². The smallest absolute Gasteiger partial charge is 0.0431 e. The highest BCUT2D eigenvalue weighted by Crippen LogP contribution is 2.22. The second-order valence-corrected chi connectivity index (χ2v) is 6.65. The van der Waals surface area contributed by atoms with Crippen LogP contribution in [0.1, 0.15) is 58.3 Å². The molecule has 0 aliphatic heterocycles. The van der Waals surface area contributed by atoms with Crippen molar-refractivity contribution in [3.8, 4) is 0 Å². The standard InChI is InChI=1S/C12H26OS2/c1-2-14-15-12-10-8-6-4-3-5-7-9-11-13/h13H,2-12H2,1H3. The zero-order chi connectivity index (χ0) is 11.2. The van der Waals surface area contributed by atoms with Crippen LogP contribution in [0.2, 0.25) is 0 Å². The molecule has 0 spiro atoms. The third kappa shape index (κ3) is 14.7. The first-order valence-electron chi connectivity index (χ1n) is 6.27. The van der Waals surface area contributed by atoms with Crippen LogP contribution in [-0.2, 0) is 0 Å². The van der Waals surface area contributed by atoms with Gasteiger partial charge in [-0.2, -0.15) is 0 Å². The molecule has 92 valence electrons. The van der Waals surface area contributed by atoms with Crippen LogP contribution in [0.4, 0.5) is 0 Å². The molecule has 0 rings (SSSR count). The Kier molecular flexibility index (Phi) is 15.3. The van der Waals surface area contributed by atoms with Gasteiger partial charge in [-0.15, -0.1) is 0 Å². The number of unbranched alkanes of at least 4 members (excludes halogenated alkanes) is 7. The number of aliphatic hydroxyl groups excluding tert-OH is 1. The third-order valence-electron chi connectivity index (χ3n) is 2.34. The lowest BCUT2D eigenvalue weighted by molar-refractivity contribution is 0.282. The molecule has 0 bridgehead atoms. The molecule has 0 saturated heterocycles. The summed E-state index contributed by atoms with van der Waals surface area (Å²) >= 11 is 0. The van der Waals surface area contributed by atoms with Gasteiger partial charge in [-0.25, -0.2) is 0 Å². The Morgan fingerprint density at radius 3 is 1.80 bits per heavy atom. The van der Waals surface area contributed by atoms with E-state index in [9.17, 15) is 0 Å². The second-order valence-electron chi connectivity index (χ2n) is 3.78. The predicted molar refractivity (Wildman–Crippen MR) is 74.6 cm³/mol. The molecule has 1 N–H and O–H groups in total. The fourth-order valence-corrected chi connectivity index (χ4v) is 3.29. The van der Waals surface area contributed by atoms with Crippen molar-refractivity contribution in [2.24, 2.45) is 0 Å². The molecule has 0 aliphatic rings. The Balaban J connectivity index is 2.81. The zero-order valence-corrected chi connectivity index (χ0v) is 11.7. The largest absolute Gasteiger partial charge is 0.396 e. The van der Waals surface area contributed by atoms with E-state index < -0.39 is 0 Å². The highest BCUT2D eigenvalue weighted by molar-refractivity contribution is 8.76. The first kappa shape index (κ1) is 15.7. The van der Waals surface area contributed by atoms with Crippen LogP contribution in [0.3, 0.4) is 0 Å². The lowest BCUT2D eigenvalue weighted by atomic mass is 10.1. The molecule has 0 fully saturated rings.